The number of benzene rings is 2. The van der Waals surface area contributed by atoms with Crippen LogP contribution in [0.25, 0.3) is 0 Å². The molecule has 2 aromatic carbocycles. The van der Waals surface area contributed by atoms with E-state index in [0.717, 1.165) is 5.56 Å². The van der Waals surface area contributed by atoms with Gasteiger partial charge in [-0.3, -0.25) is 0 Å². The van der Waals surface area contributed by atoms with Crippen LogP contribution >= 0.6 is 23.2 Å². The zero-order chi connectivity index (χ0) is 14.8. The number of halogens is 3. The van der Waals surface area contributed by atoms with E-state index in [0.29, 0.717) is 34.1 Å². The first-order valence-electron chi connectivity index (χ1n) is 6.76. The van der Waals surface area contributed by atoms with Crippen molar-refractivity contribution < 1.29 is 9.13 Å². The molecular weight excluding hydrogens is 312 g/mol. The third-order valence-corrected chi connectivity index (χ3v) is 3.76. The number of ether oxygens (including phenoxy) is 1. The van der Waals surface area contributed by atoms with Crippen LogP contribution in [0.2, 0.25) is 10.0 Å². The van der Waals surface area contributed by atoms with E-state index in [1.807, 2.05) is 6.07 Å². The summed E-state index contributed by atoms with van der Waals surface area (Å²) >= 11 is 11.9. The topological polar surface area (TPSA) is 21.3 Å². The van der Waals surface area contributed by atoms with Crippen molar-refractivity contribution in [3.63, 3.8) is 0 Å². The molecule has 5 heteroatoms. The molecule has 1 aliphatic carbocycles. The second-order valence-electron chi connectivity index (χ2n) is 5.13. The van der Waals surface area contributed by atoms with E-state index in [1.54, 1.807) is 18.2 Å². The summed E-state index contributed by atoms with van der Waals surface area (Å²) in [4.78, 5) is 0. The highest BCUT2D eigenvalue weighted by molar-refractivity contribution is 6.35. The Bertz CT molecular complexity index is 659. The number of hydrogen-bond acceptors (Lipinski definition) is 2. The summed E-state index contributed by atoms with van der Waals surface area (Å²) in [5, 5.41) is 4.27. The molecule has 1 saturated carbocycles. The summed E-state index contributed by atoms with van der Waals surface area (Å²) in [7, 11) is 0. The molecule has 2 nitrogen and oxygen atoms in total. The van der Waals surface area contributed by atoms with Gasteiger partial charge in [0.1, 0.15) is 17.3 Å². The van der Waals surface area contributed by atoms with Crippen LogP contribution in [0.5, 0.6) is 11.5 Å². The van der Waals surface area contributed by atoms with E-state index in [-0.39, 0.29) is 5.82 Å². The fraction of sp³-hybridized carbons (Fsp3) is 0.250. The second kappa shape index (κ2) is 6.22. The summed E-state index contributed by atoms with van der Waals surface area (Å²) < 4.78 is 19.3. The molecule has 2 aromatic rings. The van der Waals surface area contributed by atoms with Crippen LogP contribution in [-0.2, 0) is 6.54 Å². The summed E-state index contributed by atoms with van der Waals surface area (Å²) in [6.07, 6.45) is 2.39. The Balaban J connectivity index is 1.77. The Morgan fingerprint density at radius 2 is 1.95 bits per heavy atom. The van der Waals surface area contributed by atoms with Crippen LogP contribution in [0.3, 0.4) is 0 Å². The summed E-state index contributed by atoms with van der Waals surface area (Å²) in [5.41, 5.74) is 0.849. The molecule has 0 bridgehead atoms. The van der Waals surface area contributed by atoms with Gasteiger partial charge in [-0.05, 0) is 48.7 Å². The predicted molar refractivity (Wildman–Crippen MR) is 82.8 cm³/mol. The molecule has 3 rings (SSSR count). The molecular formula is C16H14Cl2FNO. The minimum atomic E-state index is -0.329. The van der Waals surface area contributed by atoms with Gasteiger partial charge in [-0.2, -0.15) is 0 Å². The zero-order valence-electron chi connectivity index (χ0n) is 11.2. The van der Waals surface area contributed by atoms with Gasteiger partial charge >= 0.3 is 0 Å². The second-order valence-corrected chi connectivity index (χ2v) is 5.97. The lowest BCUT2D eigenvalue weighted by atomic mass is 10.2. The average molecular weight is 326 g/mol. The van der Waals surface area contributed by atoms with Crippen molar-refractivity contribution in [3.8, 4) is 11.5 Å². The van der Waals surface area contributed by atoms with Gasteiger partial charge in [0.15, 0.2) is 0 Å². The smallest absolute Gasteiger partial charge is 0.146 e. The van der Waals surface area contributed by atoms with Gasteiger partial charge in [0.2, 0.25) is 0 Å². The van der Waals surface area contributed by atoms with Gasteiger partial charge in [-0.15, -0.1) is 0 Å². The van der Waals surface area contributed by atoms with E-state index >= 15 is 0 Å². The largest absolute Gasteiger partial charge is 0.456 e. The van der Waals surface area contributed by atoms with Crippen LogP contribution in [0.4, 0.5) is 4.39 Å². The molecule has 1 fully saturated rings. The maximum atomic E-state index is 13.7. The normalized spacial score (nSPS) is 14.2. The Morgan fingerprint density at radius 3 is 2.67 bits per heavy atom. The third-order valence-electron chi connectivity index (χ3n) is 3.23. The van der Waals surface area contributed by atoms with Crippen molar-refractivity contribution >= 4 is 23.2 Å². The Kier molecular flexibility index (Phi) is 4.34. The van der Waals surface area contributed by atoms with Gasteiger partial charge in [-0.1, -0.05) is 23.2 Å². The molecule has 0 atom stereocenters. The van der Waals surface area contributed by atoms with E-state index < -0.39 is 0 Å². The molecule has 0 radical (unpaired) electrons. The van der Waals surface area contributed by atoms with Crippen molar-refractivity contribution in [2.24, 2.45) is 0 Å². The monoisotopic (exact) mass is 325 g/mol. The fourth-order valence-corrected chi connectivity index (χ4v) is 2.46. The maximum absolute atomic E-state index is 13.7. The molecule has 0 spiro atoms. The SMILES string of the molecule is Fc1cc(CNC2CC2)cc(Oc2ccc(Cl)cc2Cl)c1. The molecule has 0 aromatic heterocycles. The van der Waals surface area contributed by atoms with Crippen molar-refractivity contribution in [1.29, 1.82) is 0 Å². The summed E-state index contributed by atoms with van der Waals surface area (Å²) in [6.45, 7) is 0.632. The lowest BCUT2D eigenvalue weighted by molar-refractivity contribution is 0.475. The average Bonchev–Trinajstić information content (AvgIpc) is 3.23. The van der Waals surface area contributed by atoms with E-state index in [1.165, 1.54) is 25.0 Å². The van der Waals surface area contributed by atoms with Crippen molar-refractivity contribution in [2.45, 2.75) is 25.4 Å². The minimum Gasteiger partial charge on any atom is -0.456 e. The van der Waals surface area contributed by atoms with Gasteiger partial charge < -0.3 is 10.1 Å². The summed E-state index contributed by atoms with van der Waals surface area (Å²) in [6, 6.07) is 10.2. The molecule has 1 N–H and O–H groups in total. The van der Waals surface area contributed by atoms with Crippen LogP contribution in [0.15, 0.2) is 36.4 Å². The lowest BCUT2D eigenvalue weighted by Crippen LogP contribution is -2.15. The molecule has 0 heterocycles. The highest BCUT2D eigenvalue weighted by atomic mass is 35.5. The van der Waals surface area contributed by atoms with E-state index in [2.05, 4.69) is 5.32 Å². The van der Waals surface area contributed by atoms with Gasteiger partial charge in [0, 0.05) is 23.7 Å². The molecule has 1 aliphatic rings. The molecule has 0 amide bonds. The first-order valence-corrected chi connectivity index (χ1v) is 7.51. The van der Waals surface area contributed by atoms with Crippen molar-refractivity contribution in [1.82, 2.24) is 5.32 Å². The maximum Gasteiger partial charge on any atom is 0.146 e. The fourth-order valence-electron chi connectivity index (χ4n) is 2.02. The number of rotatable bonds is 5. The van der Waals surface area contributed by atoms with Crippen LogP contribution in [0.1, 0.15) is 18.4 Å². The van der Waals surface area contributed by atoms with Gasteiger partial charge in [-0.25, -0.2) is 4.39 Å². The van der Waals surface area contributed by atoms with Gasteiger partial charge in [0.05, 0.1) is 5.02 Å². The molecule has 0 aliphatic heterocycles. The highest BCUT2D eigenvalue weighted by Crippen LogP contribution is 2.32. The minimum absolute atomic E-state index is 0.329. The molecule has 0 unspecified atom stereocenters. The first-order chi connectivity index (χ1) is 10.1. The number of hydrogen-bond donors (Lipinski definition) is 1. The Morgan fingerprint density at radius 1 is 1.14 bits per heavy atom. The summed E-state index contributed by atoms with van der Waals surface area (Å²) in [5.74, 6) is 0.546. The lowest BCUT2D eigenvalue weighted by Gasteiger charge is -2.10. The zero-order valence-corrected chi connectivity index (χ0v) is 12.7. The van der Waals surface area contributed by atoms with Gasteiger partial charge in [0.25, 0.3) is 0 Å². The van der Waals surface area contributed by atoms with Crippen LogP contribution in [0, 0.1) is 5.82 Å². The number of nitrogens with one attached hydrogen (secondary N) is 1. The highest BCUT2D eigenvalue weighted by Gasteiger charge is 2.20. The standard InChI is InChI=1S/C16H14Cl2FNO/c17-11-1-4-16(15(18)7-11)21-14-6-10(5-12(19)8-14)9-20-13-2-3-13/h1,4-8,13,20H,2-3,9H2. The molecule has 0 saturated heterocycles. The Hall–Kier alpha value is -1.29. The Labute approximate surface area is 132 Å². The predicted octanol–water partition coefficient (Wildman–Crippen LogP) is 5.18. The molecule has 21 heavy (non-hydrogen) atoms. The van der Waals surface area contributed by atoms with Crippen molar-refractivity contribution in [2.75, 3.05) is 0 Å². The van der Waals surface area contributed by atoms with E-state index in [4.69, 9.17) is 27.9 Å². The first kappa shape index (κ1) is 14.6. The van der Waals surface area contributed by atoms with Crippen LogP contribution < -0.4 is 10.1 Å². The molecule has 110 valence electrons. The van der Waals surface area contributed by atoms with E-state index in [9.17, 15) is 4.39 Å². The van der Waals surface area contributed by atoms with Crippen LogP contribution in [-0.4, -0.2) is 6.04 Å². The van der Waals surface area contributed by atoms with Crippen molar-refractivity contribution in [3.05, 3.63) is 57.8 Å². The third kappa shape index (κ3) is 4.10. The quantitative estimate of drug-likeness (QED) is 0.818.